The summed E-state index contributed by atoms with van der Waals surface area (Å²) in [7, 11) is -10.9. The van der Waals surface area contributed by atoms with E-state index in [-0.39, 0.29) is 23.1 Å². The van der Waals surface area contributed by atoms with Crippen LogP contribution >= 0.6 is 23.4 Å². The Bertz CT molecular complexity index is 2630. The number of ether oxygens (including phenoxy) is 1. The zero-order valence-electron chi connectivity index (χ0n) is 36.9. The van der Waals surface area contributed by atoms with Crippen LogP contribution in [0.4, 0.5) is 24.5 Å². The fraction of sp³-hybridized carbons (Fsp3) is 0.438. The minimum Gasteiger partial charge on any atom is -0.380 e. The van der Waals surface area contributed by atoms with Crippen LogP contribution in [-0.4, -0.2) is 114 Å². The number of sulfonamides is 1. The van der Waals surface area contributed by atoms with Gasteiger partial charge in [0.2, 0.25) is 0 Å². The molecule has 8 rings (SSSR count). The van der Waals surface area contributed by atoms with Gasteiger partial charge in [0.15, 0.2) is 0 Å². The summed E-state index contributed by atoms with van der Waals surface area (Å²) in [6.45, 7) is 10.6. The van der Waals surface area contributed by atoms with Gasteiger partial charge in [0, 0.05) is 84.8 Å². The lowest BCUT2D eigenvalue weighted by atomic mass is 9.72. The molecule has 0 saturated carbocycles. The van der Waals surface area contributed by atoms with E-state index < -0.39 is 52.8 Å². The number of alkyl halides is 3. The smallest absolute Gasteiger partial charge is 0.380 e. The lowest BCUT2D eigenvalue weighted by Gasteiger charge is -2.39. The summed E-state index contributed by atoms with van der Waals surface area (Å²) in [5.74, 6) is -0.642. The second-order valence-electron chi connectivity index (χ2n) is 18.4. The number of thioether (sulfide) groups is 1. The molecule has 3 atom stereocenters. The number of carbonyl (C=O) groups is 1. The van der Waals surface area contributed by atoms with E-state index in [4.69, 9.17) is 16.3 Å². The molecule has 4 aromatic carbocycles. The lowest BCUT2D eigenvalue weighted by molar-refractivity contribution is -0.0435. The van der Waals surface area contributed by atoms with E-state index in [1.54, 1.807) is 12.1 Å². The van der Waals surface area contributed by atoms with Gasteiger partial charge in [-0.2, -0.15) is 13.2 Å². The van der Waals surface area contributed by atoms with Crippen LogP contribution < -0.4 is 14.9 Å². The van der Waals surface area contributed by atoms with Gasteiger partial charge in [0.1, 0.15) is 4.90 Å². The number of anilines is 2. The molecule has 0 radical (unpaired) electrons. The van der Waals surface area contributed by atoms with Crippen molar-refractivity contribution in [2.24, 2.45) is 5.41 Å². The van der Waals surface area contributed by atoms with Crippen molar-refractivity contribution < 1.29 is 39.5 Å². The number of piperazine rings is 1. The van der Waals surface area contributed by atoms with Gasteiger partial charge in [0.05, 0.1) is 23.3 Å². The van der Waals surface area contributed by atoms with E-state index in [1.165, 1.54) is 40.6 Å². The highest BCUT2D eigenvalue weighted by Gasteiger charge is 2.49. The SMILES string of the molecule is CC1(C)CCC(CN2CCN(c3ccc(C(=O)NS(=O)(=O)c4ccc(N[C@H](CCN5C[C@H]6C[C@H]5CO6)CSc5ccccc5)c(S(=O)(=O)C(F)(F)F)c4)cc3)CC2)=C(c2ccc(Cl)cc2)C1. The summed E-state index contributed by atoms with van der Waals surface area (Å²) >= 11 is 7.66. The summed E-state index contributed by atoms with van der Waals surface area (Å²) < 4.78 is 104. The highest BCUT2D eigenvalue weighted by atomic mass is 35.5. The quantitative estimate of drug-likeness (QED) is 0.105. The number of amides is 1. The molecule has 354 valence electrons. The molecule has 0 aromatic heterocycles. The number of morpholine rings is 1. The van der Waals surface area contributed by atoms with E-state index in [2.05, 4.69) is 46.0 Å². The largest absolute Gasteiger partial charge is 0.501 e. The van der Waals surface area contributed by atoms with E-state index in [0.29, 0.717) is 36.4 Å². The third kappa shape index (κ3) is 11.4. The van der Waals surface area contributed by atoms with Crippen molar-refractivity contribution in [1.82, 2.24) is 14.5 Å². The topological polar surface area (TPSA) is 128 Å². The zero-order chi connectivity index (χ0) is 46.9. The normalized spacial score (nSPS) is 21.0. The molecule has 66 heavy (non-hydrogen) atoms. The predicted molar refractivity (Wildman–Crippen MR) is 254 cm³/mol. The minimum absolute atomic E-state index is 0.000757. The standard InChI is InChI=1S/C48H55ClF3N5O6S3/c1-47(2)20-18-35(43(28-47)33-8-12-36(49)13-9-33)29-55-22-24-56(25-23-55)38-14-10-34(11-15-38)46(58)54-66(61,62)42-16-17-44(45(27-42)65(59,60)48(50,51)52)53-37(32-64-41-6-4-3-5-7-41)19-21-57-30-40-26-39(57)31-63-40/h3-17,27,37,39-40,53H,18-26,28-32H2,1-2H3,(H,54,58)/t37-,39+,40-/m1/s1. The molecule has 1 aliphatic carbocycles. The lowest BCUT2D eigenvalue weighted by Crippen LogP contribution is -2.47. The van der Waals surface area contributed by atoms with Crippen molar-refractivity contribution in [3.8, 4) is 0 Å². The van der Waals surface area contributed by atoms with Gasteiger partial charge in [-0.25, -0.2) is 21.6 Å². The van der Waals surface area contributed by atoms with Crippen molar-refractivity contribution in [1.29, 1.82) is 0 Å². The maximum absolute atomic E-state index is 14.2. The molecule has 4 aliphatic rings. The molecule has 3 fully saturated rings. The molecule has 18 heteroatoms. The number of likely N-dealkylation sites (tertiary alicyclic amines) is 1. The Kier molecular flexibility index (Phi) is 14.5. The predicted octanol–water partition coefficient (Wildman–Crippen LogP) is 8.97. The zero-order valence-corrected chi connectivity index (χ0v) is 40.1. The second kappa shape index (κ2) is 19.9. The van der Waals surface area contributed by atoms with E-state index in [9.17, 15) is 34.8 Å². The highest BCUT2D eigenvalue weighted by molar-refractivity contribution is 7.99. The Hall–Kier alpha value is -4.10. The summed E-state index contributed by atoms with van der Waals surface area (Å²) in [6.07, 6.45) is 4.67. The number of carbonyl (C=O) groups excluding carboxylic acids is 1. The van der Waals surface area contributed by atoms with Crippen molar-refractivity contribution in [2.75, 3.05) is 68.4 Å². The van der Waals surface area contributed by atoms with Gasteiger partial charge in [-0.3, -0.25) is 14.6 Å². The first-order chi connectivity index (χ1) is 31.3. The minimum atomic E-state index is -6.05. The molecule has 2 bridgehead atoms. The number of benzene rings is 4. The van der Waals surface area contributed by atoms with Crippen molar-refractivity contribution in [2.45, 2.75) is 84.3 Å². The Balaban J connectivity index is 0.929. The van der Waals surface area contributed by atoms with Gasteiger partial charge in [-0.1, -0.05) is 61.4 Å². The van der Waals surface area contributed by atoms with Gasteiger partial charge in [-0.05, 0) is 115 Å². The van der Waals surface area contributed by atoms with Crippen LogP contribution in [-0.2, 0) is 24.6 Å². The average molecular weight is 987 g/mol. The first kappa shape index (κ1) is 48.4. The van der Waals surface area contributed by atoms with Gasteiger partial charge >= 0.3 is 5.51 Å². The van der Waals surface area contributed by atoms with Crippen LogP contribution in [0.2, 0.25) is 5.02 Å². The third-order valence-corrected chi connectivity index (χ3v) is 17.4. The number of hydrogen-bond donors (Lipinski definition) is 2. The molecule has 0 unspecified atom stereocenters. The summed E-state index contributed by atoms with van der Waals surface area (Å²) in [5.41, 5.74) is -1.00. The van der Waals surface area contributed by atoms with E-state index >= 15 is 0 Å². The summed E-state index contributed by atoms with van der Waals surface area (Å²) in [4.78, 5) is 19.1. The maximum Gasteiger partial charge on any atom is 0.501 e. The molecular formula is C48H55ClF3N5O6S3. The molecule has 0 spiro atoms. The van der Waals surface area contributed by atoms with Crippen LogP contribution in [0.1, 0.15) is 61.9 Å². The fourth-order valence-corrected chi connectivity index (χ4v) is 12.4. The number of fused-ring (bicyclic) bond motifs is 2. The Morgan fingerprint density at radius 2 is 1.65 bits per heavy atom. The second-order valence-corrected chi connectivity index (χ2v) is 23.5. The molecule has 4 aromatic rings. The Morgan fingerprint density at radius 1 is 0.939 bits per heavy atom. The van der Waals surface area contributed by atoms with Gasteiger partial charge < -0.3 is 15.0 Å². The number of nitrogens with one attached hydrogen (secondary N) is 2. The molecule has 11 nitrogen and oxygen atoms in total. The number of nitrogens with zero attached hydrogens (tertiary/aromatic N) is 3. The third-order valence-electron chi connectivity index (χ3n) is 13.1. The Morgan fingerprint density at radius 3 is 2.30 bits per heavy atom. The number of rotatable bonds is 16. The summed E-state index contributed by atoms with van der Waals surface area (Å²) in [6, 6.07) is 26.1. The molecule has 3 heterocycles. The fourth-order valence-electron chi connectivity index (χ4n) is 9.30. The van der Waals surface area contributed by atoms with Crippen LogP contribution in [0.15, 0.2) is 117 Å². The Labute approximate surface area is 395 Å². The van der Waals surface area contributed by atoms with Crippen LogP contribution in [0.3, 0.4) is 0 Å². The first-order valence-electron chi connectivity index (χ1n) is 22.2. The van der Waals surface area contributed by atoms with Crippen LogP contribution in [0.5, 0.6) is 0 Å². The number of hydrogen-bond acceptors (Lipinski definition) is 11. The molecule has 2 N–H and O–H groups in total. The van der Waals surface area contributed by atoms with Gasteiger partial charge in [0.25, 0.3) is 25.8 Å². The summed E-state index contributed by atoms with van der Waals surface area (Å²) in [5, 5.41) is 3.74. The molecule has 1 amide bonds. The number of sulfone groups is 1. The monoisotopic (exact) mass is 985 g/mol. The number of allylic oxidation sites excluding steroid dienone is 1. The van der Waals surface area contributed by atoms with Crippen LogP contribution in [0, 0.1) is 5.41 Å². The first-order valence-corrected chi connectivity index (χ1v) is 26.5. The van der Waals surface area contributed by atoms with Crippen LogP contribution in [0.25, 0.3) is 5.57 Å². The molecule has 3 aliphatic heterocycles. The maximum atomic E-state index is 14.2. The molecule has 3 saturated heterocycles. The average Bonchev–Trinajstić information content (AvgIpc) is 3.92. The van der Waals surface area contributed by atoms with E-state index in [0.717, 1.165) is 87.7 Å². The van der Waals surface area contributed by atoms with Crippen molar-refractivity contribution in [3.05, 3.63) is 119 Å². The van der Waals surface area contributed by atoms with Gasteiger partial charge in [-0.15, -0.1) is 11.8 Å². The number of halogens is 4. The van der Waals surface area contributed by atoms with Crippen molar-refractivity contribution in [3.63, 3.8) is 0 Å². The van der Waals surface area contributed by atoms with Crippen molar-refractivity contribution >= 4 is 66.1 Å². The molecular weight excluding hydrogens is 931 g/mol. The van der Waals surface area contributed by atoms with E-state index in [1.807, 2.05) is 47.2 Å². The highest BCUT2D eigenvalue weighted by Crippen LogP contribution is 2.44.